The molecule has 1 heterocycles. The standard InChI is InChI=1S/C18H31N3O4S/c1-4-16-5-7-17(8-6-16)18-15-19-9-10-21(18)26(22,23)20(11-13-24-2)12-14-25-3/h5-8,18-19H,4,9-15H2,1-3H3. The summed E-state index contributed by atoms with van der Waals surface area (Å²) in [4.78, 5) is 0. The third kappa shape index (κ3) is 5.25. The number of methoxy groups -OCH3 is 2. The van der Waals surface area contributed by atoms with Crippen LogP contribution in [0.5, 0.6) is 0 Å². The third-order valence-electron chi connectivity index (χ3n) is 4.68. The van der Waals surface area contributed by atoms with E-state index in [0.717, 1.165) is 12.0 Å². The first kappa shape index (κ1) is 21.3. The van der Waals surface area contributed by atoms with Gasteiger partial charge in [-0.05, 0) is 17.5 Å². The fraction of sp³-hybridized carbons (Fsp3) is 0.667. The van der Waals surface area contributed by atoms with E-state index in [4.69, 9.17) is 9.47 Å². The van der Waals surface area contributed by atoms with Crippen LogP contribution in [-0.2, 0) is 26.1 Å². The number of nitrogens with zero attached hydrogens (tertiary/aromatic N) is 2. The lowest BCUT2D eigenvalue weighted by Crippen LogP contribution is -2.54. The Balaban J connectivity index is 2.26. The summed E-state index contributed by atoms with van der Waals surface area (Å²) in [6, 6.07) is 8.00. The second-order valence-electron chi connectivity index (χ2n) is 6.32. The lowest BCUT2D eigenvalue weighted by molar-refractivity contribution is 0.143. The molecule has 0 aromatic heterocycles. The first-order valence-electron chi connectivity index (χ1n) is 9.09. The van der Waals surface area contributed by atoms with E-state index in [1.54, 1.807) is 18.5 Å². The van der Waals surface area contributed by atoms with Crippen molar-refractivity contribution in [2.75, 3.05) is 60.2 Å². The molecule has 7 nitrogen and oxygen atoms in total. The van der Waals surface area contributed by atoms with E-state index in [9.17, 15) is 8.42 Å². The SMILES string of the molecule is CCc1ccc(C2CNCCN2S(=O)(=O)N(CCOC)CCOC)cc1. The van der Waals surface area contributed by atoms with Gasteiger partial charge < -0.3 is 14.8 Å². The third-order valence-corrected chi connectivity index (χ3v) is 6.73. The van der Waals surface area contributed by atoms with Crippen LogP contribution < -0.4 is 5.32 Å². The van der Waals surface area contributed by atoms with Crippen LogP contribution in [0.25, 0.3) is 0 Å². The van der Waals surface area contributed by atoms with Gasteiger partial charge in [-0.1, -0.05) is 31.2 Å². The first-order valence-corrected chi connectivity index (χ1v) is 10.5. The number of aryl methyl sites for hydroxylation is 1. The van der Waals surface area contributed by atoms with Crippen molar-refractivity contribution in [1.29, 1.82) is 0 Å². The Morgan fingerprint density at radius 2 is 1.77 bits per heavy atom. The quantitative estimate of drug-likeness (QED) is 0.652. The van der Waals surface area contributed by atoms with E-state index in [2.05, 4.69) is 24.4 Å². The van der Waals surface area contributed by atoms with E-state index in [0.29, 0.717) is 45.9 Å². The van der Waals surface area contributed by atoms with Crippen molar-refractivity contribution in [1.82, 2.24) is 13.9 Å². The molecule has 0 saturated carbocycles. The highest BCUT2D eigenvalue weighted by atomic mass is 32.2. The minimum Gasteiger partial charge on any atom is -0.383 e. The average Bonchev–Trinajstić information content (AvgIpc) is 2.68. The Bertz CT molecular complexity index is 628. The van der Waals surface area contributed by atoms with Crippen molar-refractivity contribution < 1.29 is 17.9 Å². The van der Waals surface area contributed by atoms with Gasteiger partial charge in [-0.25, -0.2) is 0 Å². The Kier molecular flexibility index (Phi) is 8.46. The fourth-order valence-corrected chi connectivity index (χ4v) is 4.85. The van der Waals surface area contributed by atoms with Crippen molar-refractivity contribution in [3.63, 3.8) is 0 Å². The maximum absolute atomic E-state index is 13.3. The molecule has 1 atom stereocenters. The molecule has 0 bridgehead atoms. The second-order valence-corrected chi connectivity index (χ2v) is 8.20. The molecule has 1 aromatic carbocycles. The maximum atomic E-state index is 13.3. The van der Waals surface area contributed by atoms with Crippen LogP contribution in [0.2, 0.25) is 0 Å². The summed E-state index contributed by atoms with van der Waals surface area (Å²) in [5.41, 5.74) is 2.25. The van der Waals surface area contributed by atoms with E-state index >= 15 is 0 Å². The van der Waals surface area contributed by atoms with E-state index in [1.165, 1.54) is 9.87 Å². The van der Waals surface area contributed by atoms with Gasteiger partial charge in [0.2, 0.25) is 0 Å². The highest BCUT2D eigenvalue weighted by Crippen LogP contribution is 2.27. The zero-order valence-corrected chi connectivity index (χ0v) is 16.8. The molecule has 0 amide bonds. The number of rotatable bonds is 10. The molecule has 0 spiro atoms. The van der Waals surface area contributed by atoms with Gasteiger partial charge in [0.15, 0.2) is 0 Å². The molecule has 2 rings (SSSR count). The van der Waals surface area contributed by atoms with Gasteiger partial charge in [-0.2, -0.15) is 17.0 Å². The molecule has 1 unspecified atom stereocenters. The zero-order valence-electron chi connectivity index (χ0n) is 16.0. The molecule has 1 saturated heterocycles. The van der Waals surface area contributed by atoms with Gasteiger partial charge in [-0.3, -0.25) is 0 Å². The van der Waals surface area contributed by atoms with Gasteiger partial charge in [0.25, 0.3) is 10.2 Å². The molecule has 148 valence electrons. The summed E-state index contributed by atoms with van der Waals surface area (Å²) < 4.78 is 39.9. The summed E-state index contributed by atoms with van der Waals surface area (Å²) in [7, 11) is -0.468. The minimum absolute atomic E-state index is 0.216. The average molecular weight is 386 g/mol. The first-order chi connectivity index (χ1) is 12.5. The van der Waals surface area contributed by atoms with Crippen LogP contribution in [0.1, 0.15) is 24.1 Å². The Labute approximate surface area is 157 Å². The minimum atomic E-state index is -3.61. The predicted molar refractivity (Wildman–Crippen MR) is 102 cm³/mol. The smallest absolute Gasteiger partial charge is 0.282 e. The lowest BCUT2D eigenvalue weighted by Gasteiger charge is -2.38. The summed E-state index contributed by atoms with van der Waals surface area (Å²) in [6.07, 6.45) is 0.965. The van der Waals surface area contributed by atoms with Crippen molar-refractivity contribution in [3.8, 4) is 0 Å². The molecule has 1 aromatic rings. The highest BCUT2D eigenvalue weighted by Gasteiger charge is 2.37. The van der Waals surface area contributed by atoms with E-state index in [1.807, 2.05) is 12.1 Å². The molecule has 8 heteroatoms. The molecule has 0 radical (unpaired) electrons. The Morgan fingerprint density at radius 1 is 1.15 bits per heavy atom. The predicted octanol–water partition coefficient (Wildman–Crippen LogP) is 1.03. The monoisotopic (exact) mass is 385 g/mol. The largest absolute Gasteiger partial charge is 0.383 e. The maximum Gasteiger partial charge on any atom is 0.282 e. The molecule has 0 aliphatic carbocycles. The Morgan fingerprint density at radius 3 is 2.31 bits per heavy atom. The van der Waals surface area contributed by atoms with Crippen LogP contribution in [0.3, 0.4) is 0 Å². The molecule has 1 aliphatic rings. The van der Waals surface area contributed by atoms with Crippen LogP contribution in [0, 0.1) is 0 Å². The lowest BCUT2D eigenvalue weighted by atomic mass is 10.0. The number of benzene rings is 1. The molecular weight excluding hydrogens is 354 g/mol. The van der Waals surface area contributed by atoms with Gasteiger partial charge >= 0.3 is 0 Å². The van der Waals surface area contributed by atoms with Crippen LogP contribution >= 0.6 is 0 Å². The number of piperazine rings is 1. The van der Waals surface area contributed by atoms with Crippen molar-refractivity contribution in [3.05, 3.63) is 35.4 Å². The highest BCUT2D eigenvalue weighted by molar-refractivity contribution is 7.86. The summed E-state index contributed by atoms with van der Waals surface area (Å²) in [6.45, 7) is 5.13. The normalized spacial score (nSPS) is 19.2. The molecule has 26 heavy (non-hydrogen) atoms. The number of hydrogen-bond donors (Lipinski definition) is 1. The number of hydrogen-bond acceptors (Lipinski definition) is 5. The molecule has 1 aliphatic heterocycles. The van der Waals surface area contributed by atoms with Gasteiger partial charge in [0.05, 0.1) is 19.3 Å². The summed E-state index contributed by atoms with van der Waals surface area (Å²) in [5.74, 6) is 0. The molecular formula is C18H31N3O4S. The zero-order chi connectivity index (χ0) is 19.0. The van der Waals surface area contributed by atoms with E-state index < -0.39 is 10.2 Å². The fourth-order valence-electron chi connectivity index (χ4n) is 3.10. The molecule has 1 N–H and O–H groups in total. The summed E-state index contributed by atoms with van der Waals surface area (Å²) in [5, 5.41) is 3.32. The second kappa shape index (κ2) is 10.3. The van der Waals surface area contributed by atoms with Gasteiger partial charge in [0, 0.05) is 46.9 Å². The van der Waals surface area contributed by atoms with Crippen LogP contribution in [-0.4, -0.2) is 77.2 Å². The molecule has 1 fully saturated rings. The van der Waals surface area contributed by atoms with Crippen molar-refractivity contribution >= 4 is 10.2 Å². The van der Waals surface area contributed by atoms with Crippen LogP contribution in [0.4, 0.5) is 0 Å². The Hall–Kier alpha value is -1.03. The van der Waals surface area contributed by atoms with Gasteiger partial charge in [-0.15, -0.1) is 0 Å². The van der Waals surface area contributed by atoms with Crippen molar-refractivity contribution in [2.24, 2.45) is 0 Å². The van der Waals surface area contributed by atoms with Gasteiger partial charge in [0.1, 0.15) is 0 Å². The number of ether oxygens (including phenoxy) is 2. The summed E-state index contributed by atoms with van der Waals surface area (Å²) >= 11 is 0. The van der Waals surface area contributed by atoms with Crippen molar-refractivity contribution in [2.45, 2.75) is 19.4 Å². The van der Waals surface area contributed by atoms with Crippen LogP contribution in [0.15, 0.2) is 24.3 Å². The topological polar surface area (TPSA) is 71.1 Å². The van der Waals surface area contributed by atoms with E-state index in [-0.39, 0.29) is 6.04 Å². The number of nitrogens with one attached hydrogen (secondary N) is 1.